The molecule has 0 saturated heterocycles. The third-order valence-corrected chi connectivity index (χ3v) is 3.67. The normalized spacial score (nSPS) is 10.7. The summed E-state index contributed by atoms with van der Waals surface area (Å²) in [6.07, 6.45) is 1.45. The van der Waals surface area contributed by atoms with Crippen LogP contribution in [0.15, 0.2) is 65.4 Å². The van der Waals surface area contributed by atoms with Crippen LogP contribution in [0, 0.1) is 0 Å². The van der Waals surface area contributed by atoms with Gasteiger partial charge < -0.3 is 14.6 Å². The van der Waals surface area contributed by atoms with Gasteiger partial charge in [-0.2, -0.15) is 4.98 Å². The number of methoxy groups -OCH3 is 1. The fraction of sp³-hybridized carbons (Fsp3) is 0.0556. The number of nitrogens with zero attached hydrogens (tertiary/aromatic N) is 3. The lowest BCUT2D eigenvalue weighted by Gasteiger charge is -2.08. The highest BCUT2D eigenvalue weighted by Gasteiger charge is 2.19. The van der Waals surface area contributed by atoms with Crippen molar-refractivity contribution >= 4 is 22.6 Å². The maximum atomic E-state index is 5.43. The van der Waals surface area contributed by atoms with Gasteiger partial charge in [0.15, 0.2) is 0 Å². The smallest absolute Gasteiger partial charge is 0.263 e. The van der Waals surface area contributed by atoms with Crippen molar-refractivity contribution in [3.63, 3.8) is 0 Å². The lowest BCUT2D eigenvalue weighted by molar-refractivity contribution is 0.414. The van der Waals surface area contributed by atoms with E-state index in [1.807, 2.05) is 54.6 Å². The van der Waals surface area contributed by atoms with Gasteiger partial charge in [0.25, 0.3) is 5.71 Å². The zero-order valence-corrected chi connectivity index (χ0v) is 12.9. The molecule has 0 spiro atoms. The van der Waals surface area contributed by atoms with Gasteiger partial charge in [0.1, 0.15) is 29.0 Å². The summed E-state index contributed by atoms with van der Waals surface area (Å²) < 4.78 is 10.8. The third-order valence-electron chi connectivity index (χ3n) is 3.67. The number of aromatic nitrogens is 3. The first-order valence-corrected chi connectivity index (χ1v) is 7.42. The minimum atomic E-state index is 0.421. The fourth-order valence-corrected chi connectivity index (χ4v) is 2.56. The van der Waals surface area contributed by atoms with Crippen molar-refractivity contribution in [3.05, 3.63) is 60.9 Å². The second kappa shape index (κ2) is 6.00. The van der Waals surface area contributed by atoms with Crippen LogP contribution in [0.4, 0.5) is 11.5 Å². The summed E-state index contributed by atoms with van der Waals surface area (Å²) in [6, 6.07) is 17.4. The minimum Gasteiger partial charge on any atom is -0.496 e. The number of ether oxygens (including phenoxy) is 1. The van der Waals surface area contributed by atoms with Gasteiger partial charge in [0, 0.05) is 11.3 Å². The molecule has 6 heteroatoms. The molecular formula is C18H14N4O2. The van der Waals surface area contributed by atoms with Crippen LogP contribution in [0.1, 0.15) is 0 Å². The highest BCUT2D eigenvalue weighted by Crippen LogP contribution is 2.36. The number of fused-ring (bicyclic) bond motifs is 1. The second-order valence-corrected chi connectivity index (χ2v) is 5.12. The molecule has 4 aromatic rings. The number of nitrogens with one attached hydrogen (secondary N) is 1. The summed E-state index contributed by atoms with van der Waals surface area (Å²) in [5.41, 5.74) is 2.81. The van der Waals surface area contributed by atoms with Crippen LogP contribution >= 0.6 is 0 Å². The van der Waals surface area contributed by atoms with Gasteiger partial charge in [0.05, 0.1) is 7.11 Å². The quantitative estimate of drug-likeness (QED) is 0.612. The van der Waals surface area contributed by atoms with Gasteiger partial charge in [-0.1, -0.05) is 35.5 Å². The van der Waals surface area contributed by atoms with E-state index in [1.165, 1.54) is 6.33 Å². The van der Waals surface area contributed by atoms with Crippen LogP contribution in [0.3, 0.4) is 0 Å². The van der Waals surface area contributed by atoms with Gasteiger partial charge in [-0.05, 0) is 24.3 Å². The average Bonchev–Trinajstić information content (AvgIpc) is 3.07. The summed E-state index contributed by atoms with van der Waals surface area (Å²) in [7, 11) is 1.63. The number of para-hydroxylation sites is 2. The molecule has 0 atom stereocenters. The summed E-state index contributed by atoms with van der Waals surface area (Å²) >= 11 is 0. The van der Waals surface area contributed by atoms with Crippen LogP contribution in [-0.2, 0) is 0 Å². The Hall–Kier alpha value is -3.41. The standard InChI is InChI=1S/C18H14N4O2/c1-23-14-10-6-5-9-13(14)16-15-17(19-11-20-18(15)24-22-16)21-12-7-3-2-4-8-12/h2-11H,1H3,(H,19,20,21). The highest BCUT2D eigenvalue weighted by molar-refractivity contribution is 5.99. The van der Waals surface area contributed by atoms with Crippen molar-refractivity contribution in [3.8, 4) is 17.0 Å². The van der Waals surface area contributed by atoms with Gasteiger partial charge >= 0.3 is 0 Å². The minimum absolute atomic E-state index is 0.421. The molecule has 0 amide bonds. The lowest BCUT2D eigenvalue weighted by Crippen LogP contribution is -1.96. The molecule has 4 rings (SSSR count). The Morgan fingerprint density at radius 3 is 2.58 bits per heavy atom. The predicted octanol–water partition coefficient (Wildman–Crippen LogP) is 4.04. The van der Waals surface area contributed by atoms with Gasteiger partial charge in [-0.3, -0.25) is 0 Å². The first kappa shape index (κ1) is 14.2. The van der Waals surface area contributed by atoms with Gasteiger partial charge in [-0.15, -0.1) is 0 Å². The molecule has 2 aromatic heterocycles. The topological polar surface area (TPSA) is 73.1 Å². The first-order valence-electron chi connectivity index (χ1n) is 7.42. The van der Waals surface area contributed by atoms with Crippen molar-refractivity contribution in [1.29, 1.82) is 0 Å². The molecule has 2 aromatic carbocycles. The number of anilines is 2. The van der Waals surface area contributed by atoms with E-state index in [1.54, 1.807) is 7.11 Å². The van der Waals surface area contributed by atoms with E-state index in [9.17, 15) is 0 Å². The van der Waals surface area contributed by atoms with Crippen molar-refractivity contribution < 1.29 is 9.26 Å². The lowest BCUT2D eigenvalue weighted by atomic mass is 10.1. The van der Waals surface area contributed by atoms with E-state index in [-0.39, 0.29) is 0 Å². The number of hydrogen-bond acceptors (Lipinski definition) is 6. The van der Waals surface area contributed by atoms with E-state index in [0.717, 1.165) is 11.3 Å². The Kier molecular flexibility index (Phi) is 3.55. The molecule has 0 aliphatic rings. The van der Waals surface area contributed by atoms with Gasteiger partial charge in [0.2, 0.25) is 0 Å². The predicted molar refractivity (Wildman–Crippen MR) is 91.3 cm³/mol. The Balaban J connectivity index is 1.89. The Labute approximate surface area is 138 Å². The maximum Gasteiger partial charge on any atom is 0.263 e. The average molecular weight is 318 g/mol. The molecule has 0 radical (unpaired) electrons. The molecule has 24 heavy (non-hydrogen) atoms. The van der Waals surface area contributed by atoms with Gasteiger partial charge in [-0.25, -0.2) is 4.98 Å². The fourth-order valence-electron chi connectivity index (χ4n) is 2.56. The molecule has 0 fully saturated rings. The zero-order chi connectivity index (χ0) is 16.4. The van der Waals surface area contributed by atoms with Crippen LogP contribution in [0.5, 0.6) is 5.75 Å². The van der Waals surface area contributed by atoms with Crippen molar-refractivity contribution in [2.45, 2.75) is 0 Å². The van der Waals surface area contributed by atoms with Crippen LogP contribution in [0.25, 0.3) is 22.4 Å². The molecule has 1 N–H and O–H groups in total. The molecular weight excluding hydrogens is 304 g/mol. The van der Waals surface area contributed by atoms with Crippen molar-refractivity contribution in [2.24, 2.45) is 0 Å². The van der Waals surface area contributed by atoms with E-state index in [2.05, 4.69) is 20.4 Å². The van der Waals surface area contributed by atoms with E-state index in [0.29, 0.717) is 28.4 Å². The van der Waals surface area contributed by atoms with E-state index < -0.39 is 0 Å². The summed E-state index contributed by atoms with van der Waals surface area (Å²) in [5, 5.41) is 8.18. The van der Waals surface area contributed by atoms with Crippen molar-refractivity contribution in [2.75, 3.05) is 12.4 Å². The van der Waals surface area contributed by atoms with E-state index in [4.69, 9.17) is 9.26 Å². The first-order chi connectivity index (χ1) is 11.9. The Morgan fingerprint density at radius 1 is 0.958 bits per heavy atom. The summed E-state index contributed by atoms with van der Waals surface area (Å²) in [4.78, 5) is 8.52. The Morgan fingerprint density at radius 2 is 1.75 bits per heavy atom. The maximum absolute atomic E-state index is 5.43. The molecule has 0 saturated carbocycles. The van der Waals surface area contributed by atoms with E-state index >= 15 is 0 Å². The molecule has 6 nitrogen and oxygen atoms in total. The van der Waals surface area contributed by atoms with Crippen LogP contribution < -0.4 is 10.1 Å². The SMILES string of the molecule is COc1ccccc1-c1noc2ncnc(Nc3ccccc3)c12. The number of rotatable bonds is 4. The number of hydrogen-bond donors (Lipinski definition) is 1. The van der Waals surface area contributed by atoms with Crippen LogP contribution in [0.2, 0.25) is 0 Å². The largest absolute Gasteiger partial charge is 0.496 e. The molecule has 118 valence electrons. The van der Waals surface area contributed by atoms with Crippen LogP contribution in [-0.4, -0.2) is 22.2 Å². The molecule has 2 heterocycles. The monoisotopic (exact) mass is 318 g/mol. The number of benzene rings is 2. The molecule has 0 aliphatic heterocycles. The Bertz CT molecular complexity index is 983. The third kappa shape index (κ3) is 2.44. The molecule has 0 unspecified atom stereocenters. The summed E-state index contributed by atoms with van der Waals surface area (Å²) in [6.45, 7) is 0. The summed E-state index contributed by atoms with van der Waals surface area (Å²) in [5.74, 6) is 1.34. The molecule has 0 aliphatic carbocycles. The van der Waals surface area contributed by atoms with Crippen molar-refractivity contribution in [1.82, 2.24) is 15.1 Å². The highest BCUT2D eigenvalue weighted by atomic mass is 16.5. The second-order valence-electron chi connectivity index (χ2n) is 5.12. The zero-order valence-electron chi connectivity index (χ0n) is 12.9. The molecule has 0 bridgehead atoms.